The summed E-state index contributed by atoms with van der Waals surface area (Å²) in [7, 11) is 0. The summed E-state index contributed by atoms with van der Waals surface area (Å²) in [5.41, 5.74) is 3.86. The number of nitrogens with zero attached hydrogens (tertiary/aromatic N) is 5. The first-order chi connectivity index (χ1) is 22.3. The largest absolute Gasteiger partial charge is 0.445 e. The molecule has 0 radical (unpaired) electrons. The number of amidine groups is 1. The van der Waals surface area contributed by atoms with Crippen LogP contribution in [0, 0.1) is 12.7 Å². The number of likely N-dealkylation sites (tertiary alicyclic amines) is 1. The molecule has 234 valence electrons. The lowest BCUT2D eigenvalue weighted by molar-refractivity contribution is -0.126. The maximum atomic E-state index is 13.9. The van der Waals surface area contributed by atoms with Gasteiger partial charge in [0.2, 0.25) is 11.8 Å². The molecule has 4 aromatic rings. The smallest absolute Gasteiger partial charge is 0.410 e. The van der Waals surface area contributed by atoms with Crippen LogP contribution < -0.4 is 5.32 Å². The first kappa shape index (κ1) is 30.9. The molecule has 2 atom stereocenters. The average Bonchev–Trinajstić information content (AvgIpc) is 3.67. The van der Waals surface area contributed by atoms with Crippen molar-refractivity contribution in [2.24, 2.45) is 4.99 Å². The number of aryl methyl sites for hydroxylation is 1. The number of amides is 3. The minimum absolute atomic E-state index is 0.133. The third kappa shape index (κ3) is 7.23. The van der Waals surface area contributed by atoms with Crippen LogP contribution >= 0.6 is 11.8 Å². The summed E-state index contributed by atoms with van der Waals surface area (Å²) in [6, 6.07) is 21.6. The molecule has 0 saturated carbocycles. The molecule has 0 aliphatic carbocycles. The zero-order valence-corrected chi connectivity index (χ0v) is 25.8. The average molecular weight is 639 g/mol. The summed E-state index contributed by atoms with van der Waals surface area (Å²) < 4.78 is 19.4. The van der Waals surface area contributed by atoms with Crippen molar-refractivity contribution in [2.75, 3.05) is 11.9 Å². The van der Waals surface area contributed by atoms with E-state index in [1.165, 1.54) is 33.7 Å². The second kappa shape index (κ2) is 13.9. The number of halogens is 1. The van der Waals surface area contributed by atoms with Crippen molar-refractivity contribution in [3.8, 4) is 0 Å². The molecule has 1 N–H and O–H groups in total. The van der Waals surface area contributed by atoms with Gasteiger partial charge in [0.05, 0.1) is 29.8 Å². The Morgan fingerprint density at radius 3 is 2.59 bits per heavy atom. The predicted molar refractivity (Wildman–Crippen MR) is 173 cm³/mol. The van der Waals surface area contributed by atoms with Gasteiger partial charge in [-0.25, -0.2) is 14.2 Å². The van der Waals surface area contributed by atoms with Gasteiger partial charge in [-0.05, 0) is 61.2 Å². The van der Waals surface area contributed by atoms with Crippen LogP contribution in [0.5, 0.6) is 0 Å². The number of hydrogen-bond acceptors (Lipinski definition) is 8. The molecule has 0 spiro atoms. The van der Waals surface area contributed by atoms with Gasteiger partial charge >= 0.3 is 6.09 Å². The number of carbonyl (C=O) groups excluding carboxylic acids is 3. The Morgan fingerprint density at radius 1 is 1.04 bits per heavy atom. The molecule has 0 bridgehead atoms. The fourth-order valence-electron chi connectivity index (χ4n) is 5.24. The first-order valence-corrected chi connectivity index (χ1v) is 15.7. The van der Waals surface area contributed by atoms with Crippen molar-refractivity contribution in [3.63, 3.8) is 0 Å². The second-order valence-corrected chi connectivity index (χ2v) is 12.0. The van der Waals surface area contributed by atoms with Crippen LogP contribution in [0.3, 0.4) is 0 Å². The number of ether oxygens (including phenoxy) is 1. The van der Waals surface area contributed by atoms with Gasteiger partial charge in [0.25, 0.3) is 0 Å². The van der Waals surface area contributed by atoms with Crippen molar-refractivity contribution in [1.82, 2.24) is 19.8 Å². The Hall–Kier alpha value is -5.10. The minimum atomic E-state index is -0.644. The summed E-state index contributed by atoms with van der Waals surface area (Å²) in [6.45, 7) is 2.56. The van der Waals surface area contributed by atoms with Crippen molar-refractivity contribution >= 4 is 46.2 Å². The Kier molecular flexibility index (Phi) is 9.34. The number of aromatic nitrogens is 2. The monoisotopic (exact) mass is 638 g/mol. The molecule has 3 aromatic carbocycles. The maximum absolute atomic E-state index is 13.9. The summed E-state index contributed by atoms with van der Waals surface area (Å²) >= 11 is 1.26. The predicted octanol–water partition coefficient (Wildman–Crippen LogP) is 6.17. The van der Waals surface area contributed by atoms with E-state index >= 15 is 0 Å². The number of nitrogens with one attached hydrogen (secondary N) is 1. The molecule has 2 saturated heterocycles. The SMILES string of the molecule is Cc1cnc(CN2C(=O)C(c3ccc(NC(=O)[C@@H]4CCCN4C(=O)OCc4ccccc4)cc3)S/C2=N\c2cccc(F)c2)cn1. The van der Waals surface area contributed by atoms with E-state index < -0.39 is 23.2 Å². The van der Waals surface area contributed by atoms with Crippen molar-refractivity contribution in [2.45, 2.75) is 44.2 Å². The normalized spacial score (nSPS) is 18.7. The van der Waals surface area contributed by atoms with Gasteiger partial charge in [0.15, 0.2) is 5.17 Å². The van der Waals surface area contributed by atoms with Gasteiger partial charge in [0, 0.05) is 18.4 Å². The third-order valence-corrected chi connectivity index (χ3v) is 8.84. The number of benzene rings is 3. The van der Waals surface area contributed by atoms with Gasteiger partial charge in [0.1, 0.15) is 23.7 Å². The van der Waals surface area contributed by atoms with E-state index in [1.807, 2.05) is 37.3 Å². The highest BCUT2D eigenvalue weighted by Crippen LogP contribution is 2.41. The van der Waals surface area contributed by atoms with Crippen molar-refractivity contribution < 1.29 is 23.5 Å². The van der Waals surface area contributed by atoms with E-state index in [0.717, 1.165) is 11.3 Å². The summed E-state index contributed by atoms with van der Waals surface area (Å²) in [5.74, 6) is -0.927. The third-order valence-electron chi connectivity index (χ3n) is 7.61. The standard InChI is InChI=1S/C34H31FN6O4S/c1-22-18-37-28(19-36-22)20-41-32(43)30(46-33(41)39-27-10-5-9-25(35)17-27)24-12-14-26(15-13-24)38-31(42)29-11-6-16-40(29)34(44)45-21-23-7-3-2-4-8-23/h2-5,7-10,12-15,17-19,29-30H,6,11,16,20-21H2,1H3,(H,38,42)/b39-33-/t29-,30?/m0/s1. The molecular weight excluding hydrogens is 607 g/mol. The lowest BCUT2D eigenvalue weighted by atomic mass is 10.1. The van der Waals surface area contributed by atoms with Gasteiger partial charge in [-0.2, -0.15) is 0 Å². The van der Waals surface area contributed by atoms with Crippen LogP contribution in [0.4, 0.5) is 20.6 Å². The van der Waals surface area contributed by atoms with Gasteiger partial charge in [-0.3, -0.25) is 29.4 Å². The highest BCUT2D eigenvalue weighted by Gasteiger charge is 2.40. The van der Waals surface area contributed by atoms with E-state index in [4.69, 9.17) is 4.74 Å². The molecule has 10 nitrogen and oxygen atoms in total. The molecule has 2 fully saturated rings. The van der Waals surface area contributed by atoms with Gasteiger partial charge < -0.3 is 10.1 Å². The van der Waals surface area contributed by atoms with Crippen LogP contribution in [0.2, 0.25) is 0 Å². The van der Waals surface area contributed by atoms with E-state index in [9.17, 15) is 18.8 Å². The number of carbonyl (C=O) groups is 3. The number of hydrogen-bond donors (Lipinski definition) is 1. The highest BCUT2D eigenvalue weighted by atomic mass is 32.2. The Balaban J connectivity index is 1.13. The topological polar surface area (TPSA) is 117 Å². The van der Waals surface area contributed by atoms with E-state index in [-0.39, 0.29) is 25.0 Å². The molecule has 12 heteroatoms. The van der Waals surface area contributed by atoms with Gasteiger partial charge in [-0.15, -0.1) is 0 Å². The zero-order chi connectivity index (χ0) is 32.0. The Bertz CT molecular complexity index is 1750. The Labute approximate surface area is 269 Å². The maximum Gasteiger partial charge on any atom is 0.410 e. The van der Waals surface area contributed by atoms with Crippen LogP contribution in [0.1, 0.15) is 40.6 Å². The minimum Gasteiger partial charge on any atom is -0.445 e. The molecule has 46 heavy (non-hydrogen) atoms. The van der Waals surface area contributed by atoms with Crippen LogP contribution in [0.25, 0.3) is 0 Å². The molecule has 2 aliphatic heterocycles. The fraction of sp³-hybridized carbons (Fsp3) is 0.235. The molecule has 1 aromatic heterocycles. The number of thioether (sulfide) groups is 1. The van der Waals surface area contributed by atoms with Gasteiger partial charge in [-0.1, -0.05) is 60.3 Å². The highest BCUT2D eigenvalue weighted by molar-refractivity contribution is 8.15. The van der Waals surface area contributed by atoms with Crippen LogP contribution in [-0.2, 0) is 27.5 Å². The number of aliphatic imine (C=N–C) groups is 1. The zero-order valence-electron chi connectivity index (χ0n) is 25.0. The molecular formula is C34H31FN6O4S. The van der Waals surface area contributed by atoms with Crippen LogP contribution in [0.15, 0.2) is 96.2 Å². The Morgan fingerprint density at radius 2 is 1.85 bits per heavy atom. The molecule has 6 rings (SSSR count). The quantitative estimate of drug-likeness (QED) is 0.245. The molecule has 1 unspecified atom stereocenters. The van der Waals surface area contributed by atoms with E-state index in [2.05, 4.69) is 20.3 Å². The molecule has 3 amide bonds. The summed E-state index contributed by atoms with van der Waals surface area (Å²) in [5, 5.41) is 2.71. The molecule has 3 heterocycles. The molecule has 2 aliphatic rings. The van der Waals surface area contributed by atoms with Crippen LogP contribution in [-0.4, -0.2) is 55.4 Å². The lowest BCUT2D eigenvalue weighted by Crippen LogP contribution is -2.43. The van der Waals surface area contributed by atoms with Crippen molar-refractivity contribution in [1.29, 1.82) is 0 Å². The second-order valence-electron chi connectivity index (χ2n) is 10.9. The number of rotatable bonds is 8. The summed E-state index contributed by atoms with van der Waals surface area (Å²) in [4.78, 5) is 55.9. The number of anilines is 1. The van der Waals surface area contributed by atoms with E-state index in [0.29, 0.717) is 47.2 Å². The summed E-state index contributed by atoms with van der Waals surface area (Å²) in [6.07, 6.45) is 3.96. The lowest BCUT2D eigenvalue weighted by Gasteiger charge is -2.23. The fourth-order valence-corrected chi connectivity index (χ4v) is 6.42. The van der Waals surface area contributed by atoms with Crippen molar-refractivity contribution in [3.05, 3.63) is 120 Å². The van der Waals surface area contributed by atoms with E-state index in [1.54, 1.807) is 48.8 Å². The first-order valence-electron chi connectivity index (χ1n) is 14.8.